The molecular weight excluding hydrogens is 156 g/mol. The zero-order valence-electron chi connectivity index (χ0n) is 8.42. The molecule has 7 fully saturated rings. The van der Waals surface area contributed by atoms with Crippen molar-refractivity contribution in [1.29, 1.82) is 0 Å². The first-order valence-corrected chi connectivity index (χ1v) is 6.29. The summed E-state index contributed by atoms with van der Waals surface area (Å²) in [5.41, 5.74) is 1.87. The fourth-order valence-electron chi connectivity index (χ4n) is 7.17. The molecule has 0 amide bonds. The number of hydrogen-bond donors (Lipinski definition) is 0. The van der Waals surface area contributed by atoms with Crippen LogP contribution in [0.1, 0.15) is 39.0 Å². The smallest absolute Gasteiger partial charge is 0.0190 e. The average molecular weight is 174 g/mol. The van der Waals surface area contributed by atoms with Crippen molar-refractivity contribution < 1.29 is 0 Å². The Kier molecular flexibility index (Phi) is 0.707. The molecule has 7 saturated carbocycles. The molecule has 0 heterocycles. The molecule has 13 heavy (non-hydrogen) atoms. The van der Waals surface area contributed by atoms with Crippen molar-refractivity contribution >= 4 is 0 Å². The van der Waals surface area contributed by atoms with Gasteiger partial charge < -0.3 is 0 Å². The van der Waals surface area contributed by atoms with Crippen molar-refractivity contribution in [3.8, 4) is 0 Å². The molecule has 0 aromatic heterocycles. The van der Waals surface area contributed by atoms with Crippen molar-refractivity contribution in [2.45, 2.75) is 39.0 Å². The molecule has 7 unspecified atom stereocenters. The molecule has 6 bridgehead atoms. The van der Waals surface area contributed by atoms with Gasteiger partial charge >= 0.3 is 0 Å². The van der Waals surface area contributed by atoms with E-state index in [0.29, 0.717) is 0 Å². The summed E-state index contributed by atoms with van der Waals surface area (Å²) in [7, 11) is 0. The van der Waals surface area contributed by atoms with Crippen LogP contribution < -0.4 is 0 Å². The summed E-state index contributed by atoms with van der Waals surface area (Å²) in [6.07, 6.45) is 8.07. The van der Waals surface area contributed by atoms with Crippen molar-refractivity contribution in [3.63, 3.8) is 0 Å². The maximum Gasteiger partial charge on any atom is -0.0190 e. The third kappa shape index (κ3) is 0.369. The normalized spacial score (nSPS) is 80.5. The lowest BCUT2D eigenvalue weighted by Crippen LogP contribution is -2.44. The van der Waals surface area contributed by atoms with Crippen LogP contribution in [0.25, 0.3) is 0 Å². The van der Waals surface area contributed by atoms with Crippen LogP contribution in [-0.2, 0) is 0 Å². The van der Waals surface area contributed by atoms with Gasteiger partial charge in [-0.05, 0) is 59.7 Å². The van der Waals surface area contributed by atoms with Gasteiger partial charge in [-0.15, -0.1) is 0 Å². The summed E-state index contributed by atoms with van der Waals surface area (Å²) in [4.78, 5) is 0. The Bertz CT molecular complexity index is 310. The standard InChI is InChI=1S/C13H18/c1-12-8-4-2-3-7-5-9(12)13(6-8)10(7)11(12)13/h7-11H,2-6H2,1H3. The van der Waals surface area contributed by atoms with Crippen molar-refractivity contribution in [1.82, 2.24) is 0 Å². The van der Waals surface area contributed by atoms with Gasteiger partial charge in [0.25, 0.3) is 0 Å². The van der Waals surface area contributed by atoms with E-state index in [1.165, 1.54) is 29.6 Å². The van der Waals surface area contributed by atoms with Crippen LogP contribution in [0.15, 0.2) is 0 Å². The third-order valence-corrected chi connectivity index (χ3v) is 7.17. The topological polar surface area (TPSA) is 0 Å². The number of hydrogen-bond acceptors (Lipinski definition) is 0. The van der Waals surface area contributed by atoms with Gasteiger partial charge in [-0.1, -0.05) is 19.8 Å². The fourth-order valence-corrected chi connectivity index (χ4v) is 7.17. The molecule has 70 valence electrons. The first-order valence-electron chi connectivity index (χ1n) is 6.29. The summed E-state index contributed by atoms with van der Waals surface area (Å²) in [6.45, 7) is 2.65. The molecule has 7 atom stereocenters. The lowest BCUT2D eigenvalue weighted by molar-refractivity contribution is -0.0212. The van der Waals surface area contributed by atoms with Crippen LogP contribution in [0.4, 0.5) is 0 Å². The lowest BCUT2D eigenvalue weighted by Gasteiger charge is -2.50. The highest BCUT2D eigenvalue weighted by molar-refractivity contribution is 5.41. The van der Waals surface area contributed by atoms with Crippen LogP contribution in [0, 0.1) is 40.4 Å². The monoisotopic (exact) mass is 174 g/mol. The number of fused-ring (bicyclic) bond motifs is 2. The van der Waals surface area contributed by atoms with E-state index in [0.717, 1.165) is 10.8 Å². The van der Waals surface area contributed by atoms with E-state index in [1.54, 1.807) is 32.1 Å². The van der Waals surface area contributed by atoms with Crippen LogP contribution in [0.2, 0.25) is 0 Å². The molecular formula is C13H18. The highest BCUT2D eigenvalue weighted by Crippen LogP contribution is 2.99. The maximum absolute atomic E-state index is 2.65. The molecule has 0 aliphatic heterocycles. The summed E-state index contributed by atoms with van der Waals surface area (Å²) < 4.78 is 0. The zero-order chi connectivity index (χ0) is 8.42. The van der Waals surface area contributed by atoms with Gasteiger partial charge in [0.15, 0.2) is 0 Å². The quantitative estimate of drug-likeness (QED) is 0.529. The Labute approximate surface area is 80.1 Å². The second kappa shape index (κ2) is 1.42. The Morgan fingerprint density at radius 1 is 1.23 bits per heavy atom. The fraction of sp³-hybridized carbons (Fsp3) is 1.00. The summed E-state index contributed by atoms with van der Waals surface area (Å²) in [5.74, 6) is 6.07. The Morgan fingerprint density at radius 2 is 2.15 bits per heavy atom. The minimum atomic E-state index is 0.877. The van der Waals surface area contributed by atoms with E-state index in [9.17, 15) is 0 Å². The van der Waals surface area contributed by atoms with Crippen molar-refractivity contribution in [2.75, 3.05) is 0 Å². The zero-order valence-corrected chi connectivity index (χ0v) is 8.42. The van der Waals surface area contributed by atoms with Crippen molar-refractivity contribution in [2.24, 2.45) is 40.4 Å². The van der Waals surface area contributed by atoms with Crippen LogP contribution in [-0.4, -0.2) is 0 Å². The minimum Gasteiger partial charge on any atom is -0.0588 e. The van der Waals surface area contributed by atoms with Gasteiger partial charge in [0.1, 0.15) is 0 Å². The Morgan fingerprint density at radius 3 is 2.92 bits per heavy atom. The van der Waals surface area contributed by atoms with E-state index in [2.05, 4.69) is 6.92 Å². The van der Waals surface area contributed by atoms with Gasteiger partial charge in [-0.25, -0.2) is 0 Å². The molecule has 7 rings (SSSR count). The van der Waals surface area contributed by atoms with Gasteiger partial charge in [0.05, 0.1) is 0 Å². The predicted molar refractivity (Wildman–Crippen MR) is 51.1 cm³/mol. The van der Waals surface area contributed by atoms with E-state index >= 15 is 0 Å². The molecule has 0 nitrogen and oxygen atoms in total. The highest BCUT2D eigenvalue weighted by atomic mass is 15.0. The summed E-state index contributed by atoms with van der Waals surface area (Å²) >= 11 is 0. The highest BCUT2D eigenvalue weighted by Gasteiger charge is 2.94. The van der Waals surface area contributed by atoms with Gasteiger partial charge in [-0.3, -0.25) is 0 Å². The van der Waals surface area contributed by atoms with Gasteiger partial charge in [-0.2, -0.15) is 0 Å². The second-order valence-electron chi connectivity index (χ2n) is 6.86. The van der Waals surface area contributed by atoms with Gasteiger partial charge in [0.2, 0.25) is 0 Å². The molecule has 0 aromatic carbocycles. The number of rotatable bonds is 0. The maximum atomic E-state index is 2.65. The van der Waals surface area contributed by atoms with Crippen LogP contribution in [0.5, 0.6) is 0 Å². The van der Waals surface area contributed by atoms with E-state index in [-0.39, 0.29) is 0 Å². The molecule has 0 aromatic rings. The molecule has 0 N–H and O–H groups in total. The summed E-state index contributed by atoms with van der Waals surface area (Å²) in [6, 6.07) is 0. The van der Waals surface area contributed by atoms with Crippen LogP contribution in [0.3, 0.4) is 0 Å². The molecule has 0 heteroatoms. The van der Waals surface area contributed by atoms with E-state index in [1.807, 2.05) is 0 Å². The molecule has 1 spiro atoms. The minimum absolute atomic E-state index is 0.877. The molecule has 0 radical (unpaired) electrons. The predicted octanol–water partition coefficient (Wildman–Crippen LogP) is 3.08. The van der Waals surface area contributed by atoms with Gasteiger partial charge in [0, 0.05) is 0 Å². The van der Waals surface area contributed by atoms with Crippen LogP contribution >= 0.6 is 0 Å². The largest absolute Gasteiger partial charge is 0.0588 e. The third-order valence-electron chi connectivity index (χ3n) is 7.17. The first-order chi connectivity index (χ1) is 6.29. The van der Waals surface area contributed by atoms with Crippen molar-refractivity contribution in [3.05, 3.63) is 0 Å². The average Bonchev–Trinajstić information content (AvgIpc) is 2.39. The second-order valence-corrected chi connectivity index (χ2v) is 6.86. The van der Waals surface area contributed by atoms with E-state index < -0.39 is 0 Å². The first kappa shape index (κ1) is 6.48. The molecule has 0 saturated heterocycles. The Hall–Kier alpha value is 0. The summed E-state index contributed by atoms with van der Waals surface area (Å²) in [5, 5.41) is 0. The molecule has 7 aliphatic carbocycles. The lowest BCUT2D eigenvalue weighted by atomic mass is 9.55. The molecule has 7 aliphatic rings. The SMILES string of the molecule is CC12C3CCCC4CC1C1(C3)C4C21. The Balaban J connectivity index is 1.77. The van der Waals surface area contributed by atoms with E-state index in [4.69, 9.17) is 0 Å².